The van der Waals surface area contributed by atoms with Gasteiger partial charge in [-0.25, -0.2) is 8.37 Å². The van der Waals surface area contributed by atoms with Crippen LogP contribution < -0.4 is 18.9 Å². The van der Waals surface area contributed by atoms with Crippen molar-refractivity contribution in [3.63, 3.8) is 0 Å². The molecule has 0 atom stereocenters. The lowest BCUT2D eigenvalue weighted by Gasteiger charge is -2.12. The van der Waals surface area contributed by atoms with Crippen LogP contribution in [0.3, 0.4) is 0 Å². The van der Waals surface area contributed by atoms with E-state index in [1.165, 1.54) is 50.6 Å². The van der Waals surface area contributed by atoms with Crippen LogP contribution in [0.15, 0.2) is 36.4 Å². The third kappa shape index (κ3) is 7.55. The lowest BCUT2D eigenvalue weighted by molar-refractivity contribution is 0.111. The first-order chi connectivity index (χ1) is 14.9. The first-order valence-corrected chi connectivity index (χ1v) is 10.3. The Labute approximate surface area is 179 Å². The second-order valence-electron chi connectivity index (χ2n) is 5.81. The van der Waals surface area contributed by atoms with E-state index in [1.807, 2.05) is 0 Å². The highest BCUT2D eigenvalue weighted by Crippen LogP contribution is 2.28. The van der Waals surface area contributed by atoms with Crippen molar-refractivity contribution in [2.45, 2.75) is 0 Å². The molecule has 2 rings (SSSR count). The van der Waals surface area contributed by atoms with Gasteiger partial charge in [-0.05, 0) is 36.4 Å². The van der Waals surface area contributed by atoms with Gasteiger partial charge in [0.25, 0.3) is 0 Å². The minimum Gasteiger partial charge on any atom is -0.493 e. The summed E-state index contributed by atoms with van der Waals surface area (Å²) in [5, 5.41) is 0. The molecule has 0 aliphatic rings. The summed E-state index contributed by atoms with van der Waals surface area (Å²) in [5.41, 5.74) is 0.826. The fourth-order valence-corrected chi connectivity index (χ4v) is 2.98. The molecule has 0 aromatic heterocycles. The SMILES string of the molecule is COc1cc(C=O)ccc1OCCOS(=O)(=O)OCCOc1ccc(C=O)cc1OC. The molecule has 11 heteroatoms. The Morgan fingerprint density at radius 2 is 1.10 bits per heavy atom. The predicted molar refractivity (Wildman–Crippen MR) is 109 cm³/mol. The Morgan fingerprint density at radius 1 is 0.677 bits per heavy atom. The fourth-order valence-electron chi connectivity index (χ4n) is 2.36. The zero-order valence-corrected chi connectivity index (χ0v) is 17.8. The molecule has 0 aliphatic heterocycles. The summed E-state index contributed by atoms with van der Waals surface area (Å²) in [6.45, 7) is -0.808. The van der Waals surface area contributed by atoms with E-state index in [1.54, 1.807) is 0 Å². The van der Waals surface area contributed by atoms with Crippen molar-refractivity contribution in [2.24, 2.45) is 0 Å². The minimum atomic E-state index is -4.26. The number of methoxy groups -OCH3 is 2. The third-order valence-electron chi connectivity index (χ3n) is 3.78. The summed E-state index contributed by atoms with van der Waals surface area (Å²) < 4.78 is 54.0. The lowest BCUT2D eigenvalue weighted by atomic mass is 10.2. The van der Waals surface area contributed by atoms with E-state index in [4.69, 9.17) is 27.3 Å². The van der Waals surface area contributed by atoms with E-state index < -0.39 is 10.4 Å². The standard InChI is InChI=1S/C20H22O10S/c1-25-19-11-15(13-21)3-5-17(19)27-7-9-29-31(23,24)30-10-8-28-18-6-4-16(14-22)12-20(18)26-2/h3-6,11-14H,7-10H2,1-2H3. The van der Waals surface area contributed by atoms with Crippen LogP contribution in [0.4, 0.5) is 0 Å². The smallest absolute Gasteiger partial charge is 0.400 e. The molecule has 0 saturated heterocycles. The molecule has 0 spiro atoms. The zero-order valence-electron chi connectivity index (χ0n) is 16.9. The second kappa shape index (κ2) is 11.9. The quantitative estimate of drug-likeness (QED) is 0.309. The molecule has 31 heavy (non-hydrogen) atoms. The number of benzene rings is 2. The van der Waals surface area contributed by atoms with Gasteiger partial charge in [-0.3, -0.25) is 9.59 Å². The average Bonchev–Trinajstić information content (AvgIpc) is 2.79. The topological polar surface area (TPSA) is 124 Å². The van der Waals surface area contributed by atoms with E-state index in [0.717, 1.165) is 0 Å². The molecular weight excluding hydrogens is 432 g/mol. The van der Waals surface area contributed by atoms with Gasteiger partial charge in [0.1, 0.15) is 39.0 Å². The Kier molecular flexibility index (Phi) is 9.25. The molecule has 0 aliphatic carbocycles. The third-order valence-corrected chi connectivity index (χ3v) is 4.70. The second-order valence-corrected chi connectivity index (χ2v) is 7.09. The van der Waals surface area contributed by atoms with Crippen molar-refractivity contribution in [3.05, 3.63) is 47.5 Å². The molecule has 0 amide bonds. The van der Waals surface area contributed by atoms with Gasteiger partial charge >= 0.3 is 10.4 Å². The van der Waals surface area contributed by atoms with Crippen LogP contribution in [-0.2, 0) is 18.8 Å². The Bertz CT molecular complexity index is 914. The Hall–Kier alpha value is -3.15. The van der Waals surface area contributed by atoms with Crippen LogP contribution in [0.5, 0.6) is 23.0 Å². The van der Waals surface area contributed by atoms with Crippen LogP contribution in [0.25, 0.3) is 0 Å². The fraction of sp³-hybridized carbons (Fsp3) is 0.300. The van der Waals surface area contributed by atoms with Crippen molar-refractivity contribution >= 4 is 23.0 Å². The van der Waals surface area contributed by atoms with Gasteiger partial charge in [0.2, 0.25) is 0 Å². The molecule has 0 heterocycles. The minimum absolute atomic E-state index is 0.101. The van der Waals surface area contributed by atoms with Gasteiger partial charge in [-0.15, -0.1) is 0 Å². The molecule has 168 valence electrons. The van der Waals surface area contributed by atoms with Crippen LogP contribution in [-0.4, -0.2) is 61.6 Å². The summed E-state index contributed by atoms with van der Waals surface area (Å²) in [6, 6.07) is 9.11. The van der Waals surface area contributed by atoms with Gasteiger partial charge < -0.3 is 18.9 Å². The number of hydrogen-bond acceptors (Lipinski definition) is 10. The number of hydrogen-bond donors (Lipinski definition) is 0. The number of carbonyl (C=O) groups excluding carboxylic acids is 2. The van der Waals surface area contributed by atoms with Gasteiger partial charge in [-0.2, -0.15) is 8.42 Å². The maximum Gasteiger partial charge on any atom is 0.400 e. The predicted octanol–water partition coefficient (Wildman–Crippen LogP) is 2.06. The summed E-state index contributed by atoms with van der Waals surface area (Å²) in [4.78, 5) is 21.6. The molecule has 0 N–H and O–H groups in total. The van der Waals surface area contributed by atoms with E-state index >= 15 is 0 Å². The molecule has 2 aromatic carbocycles. The number of aldehydes is 2. The maximum atomic E-state index is 11.8. The molecule has 0 radical (unpaired) electrons. The van der Waals surface area contributed by atoms with Crippen molar-refractivity contribution in [1.82, 2.24) is 0 Å². The molecule has 10 nitrogen and oxygen atoms in total. The highest BCUT2D eigenvalue weighted by atomic mass is 32.3. The van der Waals surface area contributed by atoms with Crippen molar-refractivity contribution in [2.75, 3.05) is 40.6 Å². The van der Waals surface area contributed by atoms with Crippen molar-refractivity contribution in [3.8, 4) is 23.0 Å². The molecule has 2 aromatic rings. The number of ether oxygens (including phenoxy) is 4. The van der Waals surface area contributed by atoms with Gasteiger partial charge in [-0.1, -0.05) is 0 Å². The van der Waals surface area contributed by atoms with Crippen LogP contribution in [0.2, 0.25) is 0 Å². The van der Waals surface area contributed by atoms with Crippen molar-refractivity contribution in [1.29, 1.82) is 0 Å². The monoisotopic (exact) mass is 454 g/mol. The molecule has 0 saturated carbocycles. The van der Waals surface area contributed by atoms with Crippen LogP contribution in [0, 0.1) is 0 Å². The van der Waals surface area contributed by atoms with E-state index in [9.17, 15) is 18.0 Å². The summed E-state index contributed by atoms with van der Waals surface area (Å²) >= 11 is 0. The molecule has 0 unspecified atom stereocenters. The first-order valence-electron chi connectivity index (χ1n) is 8.98. The van der Waals surface area contributed by atoms with Gasteiger partial charge in [0.15, 0.2) is 23.0 Å². The van der Waals surface area contributed by atoms with E-state index in [2.05, 4.69) is 0 Å². The highest BCUT2D eigenvalue weighted by molar-refractivity contribution is 7.81. The summed E-state index contributed by atoms with van der Waals surface area (Å²) in [6.07, 6.45) is 1.33. The largest absolute Gasteiger partial charge is 0.493 e. The van der Waals surface area contributed by atoms with Crippen LogP contribution in [0.1, 0.15) is 20.7 Å². The Balaban J connectivity index is 1.74. The number of rotatable bonds is 14. The molecular formula is C20H22O10S. The molecule has 0 fully saturated rings. The maximum absolute atomic E-state index is 11.8. The Morgan fingerprint density at radius 3 is 1.45 bits per heavy atom. The van der Waals surface area contributed by atoms with E-state index in [0.29, 0.717) is 46.7 Å². The molecule has 0 bridgehead atoms. The number of carbonyl (C=O) groups is 2. The normalized spacial score (nSPS) is 10.9. The van der Waals surface area contributed by atoms with E-state index in [-0.39, 0.29) is 26.4 Å². The lowest BCUT2D eigenvalue weighted by Crippen LogP contribution is -2.18. The van der Waals surface area contributed by atoms with Gasteiger partial charge in [0.05, 0.1) is 14.2 Å². The summed E-state index contributed by atoms with van der Waals surface area (Å²) in [7, 11) is -1.43. The van der Waals surface area contributed by atoms with Crippen molar-refractivity contribution < 1.29 is 45.3 Å². The zero-order chi connectivity index (χ0) is 22.7. The average molecular weight is 454 g/mol. The van der Waals surface area contributed by atoms with Gasteiger partial charge in [0, 0.05) is 11.1 Å². The highest BCUT2D eigenvalue weighted by Gasteiger charge is 2.13. The first kappa shape index (κ1) is 24.1. The van der Waals surface area contributed by atoms with Crippen LogP contribution >= 0.6 is 0 Å². The summed E-state index contributed by atoms with van der Waals surface area (Å²) in [5.74, 6) is 1.32.